The summed E-state index contributed by atoms with van der Waals surface area (Å²) in [7, 11) is -2.53. The Morgan fingerprint density at radius 2 is 2.03 bits per heavy atom. The zero-order valence-corrected chi connectivity index (χ0v) is 17.3. The van der Waals surface area contributed by atoms with Crippen molar-refractivity contribution in [1.82, 2.24) is 19.8 Å². The summed E-state index contributed by atoms with van der Waals surface area (Å²) in [6.07, 6.45) is 2.18. The average Bonchev–Trinajstić information content (AvgIpc) is 3.34. The third-order valence-electron chi connectivity index (χ3n) is 5.55. The number of amides is 2. The van der Waals surface area contributed by atoms with Gasteiger partial charge in [-0.1, -0.05) is 0 Å². The van der Waals surface area contributed by atoms with E-state index in [1.807, 2.05) is 13.0 Å². The number of hydrogen-bond donors (Lipinski definition) is 3. The molecule has 1 aromatic carbocycles. The molecule has 1 aliphatic heterocycles. The van der Waals surface area contributed by atoms with Crippen LogP contribution in [0.3, 0.4) is 0 Å². The van der Waals surface area contributed by atoms with E-state index in [4.69, 9.17) is 0 Å². The van der Waals surface area contributed by atoms with Gasteiger partial charge in [0.25, 0.3) is 5.91 Å². The predicted octanol–water partition coefficient (Wildman–Crippen LogP) is 1.70. The molecule has 1 aliphatic carbocycles. The van der Waals surface area contributed by atoms with Crippen molar-refractivity contribution >= 4 is 27.7 Å². The summed E-state index contributed by atoms with van der Waals surface area (Å²) in [4.78, 5) is 26.0. The van der Waals surface area contributed by atoms with Gasteiger partial charge in [0.15, 0.2) is 5.82 Å². The number of hydrogen-bond acceptors (Lipinski definition) is 5. The minimum Gasteiger partial charge on any atom is -0.331 e. The molecule has 0 spiro atoms. The molecule has 1 saturated carbocycles. The van der Waals surface area contributed by atoms with Gasteiger partial charge in [0, 0.05) is 31.1 Å². The summed E-state index contributed by atoms with van der Waals surface area (Å²) in [5.41, 5.74) is 2.03. The number of carbonyl (C=O) groups is 2. The summed E-state index contributed by atoms with van der Waals surface area (Å²) in [5, 5.41) is 9.42. The van der Waals surface area contributed by atoms with Crippen molar-refractivity contribution in [2.75, 3.05) is 12.4 Å². The largest absolute Gasteiger partial charge is 0.331 e. The molecule has 0 radical (unpaired) electrons. The quantitative estimate of drug-likeness (QED) is 0.660. The highest BCUT2D eigenvalue weighted by molar-refractivity contribution is 7.89. The van der Waals surface area contributed by atoms with Crippen LogP contribution in [-0.4, -0.2) is 48.4 Å². The summed E-state index contributed by atoms with van der Waals surface area (Å²) >= 11 is 0. The van der Waals surface area contributed by atoms with E-state index in [1.54, 1.807) is 11.0 Å². The third kappa shape index (κ3) is 3.53. The standard InChI is InChI=1S/C19H23N5O4S/c1-10(12-4-5-12)24-9-14-6-13(15-8-17(23-22-15)21-11(2)25)7-16(18(14)19(24)26)29(27,28)20-3/h6-8,10,12,20H,4-5,9H2,1-3H3,(H2,21,22,23,25)/t10-/m0/s1. The monoisotopic (exact) mass is 417 g/mol. The maximum Gasteiger partial charge on any atom is 0.256 e. The maximum absolute atomic E-state index is 13.1. The highest BCUT2D eigenvalue weighted by Gasteiger charge is 2.41. The van der Waals surface area contributed by atoms with Gasteiger partial charge in [0.05, 0.1) is 16.2 Å². The van der Waals surface area contributed by atoms with Crippen molar-refractivity contribution < 1.29 is 18.0 Å². The van der Waals surface area contributed by atoms with Crippen molar-refractivity contribution in [2.24, 2.45) is 5.92 Å². The fourth-order valence-corrected chi connectivity index (χ4v) is 4.78. The number of aromatic nitrogens is 2. The second-order valence-corrected chi connectivity index (χ2v) is 9.43. The van der Waals surface area contributed by atoms with Crippen LogP contribution in [0.4, 0.5) is 5.82 Å². The van der Waals surface area contributed by atoms with Crippen LogP contribution >= 0.6 is 0 Å². The fraction of sp³-hybridized carbons (Fsp3) is 0.421. The van der Waals surface area contributed by atoms with Crippen LogP contribution in [-0.2, 0) is 21.4 Å². The highest BCUT2D eigenvalue weighted by Crippen LogP contribution is 2.40. The average molecular weight is 417 g/mol. The van der Waals surface area contributed by atoms with E-state index in [1.165, 1.54) is 20.0 Å². The first kappa shape index (κ1) is 19.6. The molecule has 1 atom stereocenters. The Labute approximate surface area is 168 Å². The molecule has 1 fully saturated rings. The van der Waals surface area contributed by atoms with Gasteiger partial charge >= 0.3 is 0 Å². The number of rotatable bonds is 6. The first-order valence-electron chi connectivity index (χ1n) is 9.46. The third-order valence-corrected chi connectivity index (χ3v) is 6.98. The molecule has 2 aromatic rings. The molecule has 9 nitrogen and oxygen atoms in total. The van der Waals surface area contributed by atoms with Crippen molar-refractivity contribution in [2.45, 2.75) is 44.2 Å². The van der Waals surface area contributed by atoms with Crippen molar-refractivity contribution in [3.63, 3.8) is 0 Å². The van der Waals surface area contributed by atoms with Gasteiger partial charge in [-0.2, -0.15) is 5.10 Å². The first-order chi connectivity index (χ1) is 13.7. The van der Waals surface area contributed by atoms with Crippen LogP contribution in [0.25, 0.3) is 11.3 Å². The number of benzene rings is 1. The van der Waals surface area contributed by atoms with E-state index in [0.29, 0.717) is 35.1 Å². The fourth-order valence-electron chi connectivity index (χ4n) is 3.79. The molecule has 2 amide bonds. The van der Waals surface area contributed by atoms with Gasteiger partial charge in [-0.15, -0.1) is 0 Å². The Balaban J connectivity index is 1.80. The Bertz CT molecular complexity index is 1100. The lowest BCUT2D eigenvalue weighted by Gasteiger charge is -2.24. The number of carbonyl (C=O) groups excluding carboxylic acids is 2. The van der Waals surface area contributed by atoms with Gasteiger partial charge in [-0.3, -0.25) is 14.7 Å². The van der Waals surface area contributed by atoms with Crippen molar-refractivity contribution in [3.8, 4) is 11.3 Å². The molecular weight excluding hydrogens is 394 g/mol. The molecule has 1 aromatic heterocycles. The number of nitrogens with one attached hydrogen (secondary N) is 3. The number of nitrogens with zero attached hydrogens (tertiary/aromatic N) is 2. The lowest BCUT2D eigenvalue weighted by molar-refractivity contribution is -0.114. The van der Waals surface area contributed by atoms with Crippen LogP contribution in [0.2, 0.25) is 0 Å². The van der Waals surface area contributed by atoms with E-state index in [2.05, 4.69) is 20.2 Å². The van der Waals surface area contributed by atoms with E-state index >= 15 is 0 Å². The minimum atomic E-state index is -3.85. The van der Waals surface area contributed by atoms with Gasteiger partial charge in [0.2, 0.25) is 15.9 Å². The highest BCUT2D eigenvalue weighted by atomic mass is 32.2. The van der Waals surface area contributed by atoms with Crippen molar-refractivity contribution in [3.05, 3.63) is 29.3 Å². The Morgan fingerprint density at radius 3 is 2.66 bits per heavy atom. The zero-order chi connectivity index (χ0) is 20.9. The molecule has 10 heteroatoms. The smallest absolute Gasteiger partial charge is 0.256 e. The second-order valence-electron chi connectivity index (χ2n) is 7.58. The predicted molar refractivity (Wildman–Crippen MR) is 107 cm³/mol. The number of anilines is 1. The summed E-state index contributed by atoms with van der Waals surface area (Å²) in [5.74, 6) is 0.310. The van der Waals surface area contributed by atoms with Gasteiger partial charge in [-0.05, 0) is 50.4 Å². The molecule has 29 heavy (non-hydrogen) atoms. The van der Waals surface area contributed by atoms with Gasteiger partial charge in [0.1, 0.15) is 0 Å². The number of H-pyrrole nitrogens is 1. The normalized spacial score (nSPS) is 17.3. The summed E-state index contributed by atoms with van der Waals surface area (Å²) < 4.78 is 27.7. The minimum absolute atomic E-state index is 0.0429. The van der Waals surface area contributed by atoms with Crippen LogP contribution in [0.1, 0.15) is 42.6 Å². The maximum atomic E-state index is 13.1. The van der Waals surface area contributed by atoms with Crippen molar-refractivity contribution in [1.29, 1.82) is 0 Å². The molecule has 0 saturated heterocycles. The van der Waals surface area contributed by atoms with E-state index in [0.717, 1.165) is 12.8 Å². The lowest BCUT2D eigenvalue weighted by atomic mass is 10.0. The molecular formula is C19H23N5O4S. The topological polar surface area (TPSA) is 124 Å². The molecule has 0 bridgehead atoms. The first-order valence-corrected chi connectivity index (χ1v) is 10.9. The van der Waals surface area contributed by atoms with Crippen LogP contribution < -0.4 is 10.0 Å². The SMILES string of the molecule is CNS(=O)(=O)c1cc(-c2cc(NC(C)=O)n[nH]2)cc2c1C(=O)N([C@@H](C)C1CC1)C2. The van der Waals surface area contributed by atoms with E-state index in [9.17, 15) is 18.0 Å². The van der Waals surface area contributed by atoms with Crippen LogP contribution in [0, 0.1) is 5.92 Å². The Hall–Kier alpha value is -2.72. The molecule has 0 unspecified atom stereocenters. The molecule has 2 heterocycles. The van der Waals surface area contributed by atoms with Crippen LogP contribution in [0.15, 0.2) is 23.1 Å². The zero-order valence-electron chi connectivity index (χ0n) is 16.4. The number of fused-ring (bicyclic) bond motifs is 1. The lowest BCUT2D eigenvalue weighted by Crippen LogP contribution is -2.35. The van der Waals surface area contributed by atoms with Crippen LogP contribution in [0.5, 0.6) is 0 Å². The number of aromatic amines is 1. The van der Waals surface area contributed by atoms with E-state index in [-0.39, 0.29) is 28.3 Å². The van der Waals surface area contributed by atoms with Gasteiger partial charge in [-0.25, -0.2) is 13.1 Å². The number of sulfonamides is 1. The Kier molecular flexibility index (Phi) is 4.70. The summed E-state index contributed by atoms with van der Waals surface area (Å²) in [6, 6.07) is 4.98. The van der Waals surface area contributed by atoms with E-state index < -0.39 is 10.0 Å². The Morgan fingerprint density at radius 1 is 1.31 bits per heavy atom. The van der Waals surface area contributed by atoms with Gasteiger partial charge < -0.3 is 10.2 Å². The second kappa shape index (κ2) is 6.96. The molecule has 2 aliphatic rings. The molecule has 154 valence electrons. The molecule has 3 N–H and O–H groups in total. The molecule has 4 rings (SSSR count). The summed E-state index contributed by atoms with van der Waals surface area (Å²) in [6.45, 7) is 3.77.